The van der Waals surface area contributed by atoms with Gasteiger partial charge in [-0.3, -0.25) is 9.52 Å². The lowest BCUT2D eigenvalue weighted by molar-refractivity contribution is 0.439. The molecular weight excluding hydrogens is 456 g/mol. The van der Waals surface area contributed by atoms with Gasteiger partial charge in [-0.2, -0.15) is 0 Å². The van der Waals surface area contributed by atoms with E-state index in [1.165, 1.54) is 42.9 Å². The minimum absolute atomic E-state index is 0.0750. The summed E-state index contributed by atoms with van der Waals surface area (Å²) in [4.78, 5) is 16.6. The number of aryl methyl sites for hydroxylation is 2. The van der Waals surface area contributed by atoms with Crippen LogP contribution in [0.3, 0.4) is 0 Å². The number of oxazole rings is 1. The van der Waals surface area contributed by atoms with E-state index in [2.05, 4.69) is 9.71 Å². The van der Waals surface area contributed by atoms with Crippen molar-refractivity contribution in [2.75, 3.05) is 10.5 Å². The van der Waals surface area contributed by atoms with Crippen LogP contribution in [0.2, 0.25) is 0 Å². The van der Waals surface area contributed by atoms with Gasteiger partial charge in [-0.25, -0.2) is 22.2 Å². The Labute approximate surface area is 187 Å². The summed E-state index contributed by atoms with van der Waals surface area (Å²) in [5.74, 6) is -1.70. The molecule has 172 valence electrons. The maximum absolute atomic E-state index is 14.3. The average molecular weight is 475 g/mol. The molecule has 0 aliphatic carbocycles. The Hall–Kier alpha value is -3.73. The first-order chi connectivity index (χ1) is 15.6. The summed E-state index contributed by atoms with van der Waals surface area (Å²) in [5.41, 5.74) is 0.730. The molecule has 0 radical (unpaired) electrons. The number of hydrogen-bond acceptors (Lipinski definition) is 6. The fraction of sp³-hybridized carbons (Fsp3) is 0.182. The maximum atomic E-state index is 14.3. The molecule has 0 fully saturated rings. The largest absolute Gasteiger partial charge is 0.454 e. The van der Waals surface area contributed by atoms with Gasteiger partial charge in [0.15, 0.2) is 28.6 Å². The maximum Gasteiger partial charge on any atom is 0.280 e. The van der Waals surface area contributed by atoms with Crippen molar-refractivity contribution in [2.45, 2.75) is 13.8 Å². The Morgan fingerprint density at radius 1 is 1.12 bits per heavy atom. The summed E-state index contributed by atoms with van der Waals surface area (Å²) in [5, 5.41) is 0. The molecule has 0 amide bonds. The molecule has 2 heterocycles. The number of benzene rings is 2. The molecule has 8 nitrogen and oxygen atoms in total. The average Bonchev–Trinajstić information content (AvgIpc) is 3.15. The standard InChI is InChI=1S/C22H19F2N3O5S/c1-4-33(29,30)26-14-6-8-18(32-19-7-5-13(23)9-17(19)24)15(10-14)16-11-27(3)22(28)20-21(16)31-12(2)25-20/h5-11,26H,4H2,1-3H3. The molecule has 0 unspecified atom stereocenters. The second-order valence-electron chi connectivity index (χ2n) is 7.26. The van der Waals surface area contributed by atoms with Crippen LogP contribution in [0.15, 0.2) is 51.8 Å². The molecule has 33 heavy (non-hydrogen) atoms. The van der Waals surface area contributed by atoms with E-state index in [1.54, 1.807) is 6.92 Å². The summed E-state index contributed by atoms with van der Waals surface area (Å²) in [7, 11) is -2.06. The molecule has 2 aromatic carbocycles. The first-order valence-electron chi connectivity index (χ1n) is 9.82. The number of nitrogens with zero attached hydrogens (tertiary/aromatic N) is 2. The van der Waals surface area contributed by atoms with E-state index >= 15 is 0 Å². The molecule has 0 bridgehead atoms. The molecule has 0 saturated heterocycles. The second-order valence-corrected chi connectivity index (χ2v) is 9.27. The lowest BCUT2D eigenvalue weighted by atomic mass is 10.0. The Morgan fingerprint density at radius 3 is 2.55 bits per heavy atom. The fourth-order valence-corrected chi connectivity index (χ4v) is 3.88. The van der Waals surface area contributed by atoms with E-state index in [-0.39, 0.29) is 45.5 Å². The minimum atomic E-state index is -3.59. The van der Waals surface area contributed by atoms with Crippen LogP contribution in [0.4, 0.5) is 14.5 Å². The number of halogens is 2. The predicted octanol–water partition coefficient (Wildman–Crippen LogP) is 4.33. The highest BCUT2D eigenvalue weighted by atomic mass is 32.2. The summed E-state index contributed by atoms with van der Waals surface area (Å²) in [6, 6.07) is 7.22. The zero-order valence-electron chi connectivity index (χ0n) is 17.8. The number of nitrogens with one attached hydrogen (secondary N) is 1. The number of fused-ring (bicyclic) bond motifs is 1. The van der Waals surface area contributed by atoms with E-state index in [0.717, 1.165) is 12.1 Å². The van der Waals surface area contributed by atoms with Crippen LogP contribution in [0.25, 0.3) is 22.2 Å². The first-order valence-corrected chi connectivity index (χ1v) is 11.5. The molecule has 0 atom stereocenters. The number of hydrogen-bond donors (Lipinski definition) is 1. The van der Waals surface area contributed by atoms with Crippen LogP contribution < -0.4 is 15.0 Å². The Bertz CT molecular complexity index is 1540. The van der Waals surface area contributed by atoms with Gasteiger partial charge in [-0.15, -0.1) is 0 Å². The number of aromatic nitrogens is 2. The van der Waals surface area contributed by atoms with Gasteiger partial charge in [0.05, 0.1) is 5.75 Å². The van der Waals surface area contributed by atoms with Gasteiger partial charge < -0.3 is 13.7 Å². The predicted molar refractivity (Wildman–Crippen MR) is 119 cm³/mol. The van der Waals surface area contributed by atoms with Crippen LogP contribution in [0.5, 0.6) is 11.5 Å². The van der Waals surface area contributed by atoms with Crippen LogP contribution in [-0.4, -0.2) is 23.7 Å². The third kappa shape index (κ3) is 4.44. The fourth-order valence-electron chi connectivity index (χ4n) is 3.25. The number of rotatable bonds is 6. The van der Waals surface area contributed by atoms with Crippen molar-refractivity contribution in [1.29, 1.82) is 0 Å². The molecule has 11 heteroatoms. The van der Waals surface area contributed by atoms with Crippen molar-refractivity contribution in [1.82, 2.24) is 9.55 Å². The van der Waals surface area contributed by atoms with Gasteiger partial charge in [0, 0.05) is 43.0 Å². The zero-order valence-corrected chi connectivity index (χ0v) is 18.7. The van der Waals surface area contributed by atoms with Gasteiger partial charge in [-0.1, -0.05) is 0 Å². The van der Waals surface area contributed by atoms with E-state index < -0.39 is 21.7 Å². The quantitative estimate of drug-likeness (QED) is 0.445. The summed E-state index contributed by atoms with van der Waals surface area (Å²) in [6.45, 7) is 3.08. The molecule has 4 aromatic rings. The highest BCUT2D eigenvalue weighted by Gasteiger charge is 2.20. The smallest absolute Gasteiger partial charge is 0.280 e. The first kappa shape index (κ1) is 22.5. The van der Waals surface area contributed by atoms with Gasteiger partial charge in [0.1, 0.15) is 11.6 Å². The highest BCUT2D eigenvalue weighted by molar-refractivity contribution is 7.92. The topological polar surface area (TPSA) is 103 Å². The zero-order chi connectivity index (χ0) is 23.9. The summed E-state index contributed by atoms with van der Waals surface area (Å²) in [6.07, 6.45) is 1.48. The normalized spacial score (nSPS) is 11.7. The van der Waals surface area contributed by atoms with Crippen molar-refractivity contribution in [2.24, 2.45) is 7.05 Å². The molecule has 2 aromatic heterocycles. The lowest BCUT2D eigenvalue weighted by Crippen LogP contribution is -2.17. The Kier molecular flexibility index (Phi) is 5.66. The summed E-state index contributed by atoms with van der Waals surface area (Å²) >= 11 is 0. The molecule has 0 saturated carbocycles. The third-order valence-electron chi connectivity index (χ3n) is 4.86. The van der Waals surface area contributed by atoms with Crippen LogP contribution in [0.1, 0.15) is 12.8 Å². The monoisotopic (exact) mass is 475 g/mol. The van der Waals surface area contributed by atoms with E-state index in [9.17, 15) is 22.0 Å². The van der Waals surface area contributed by atoms with Crippen LogP contribution in [-0.2, 0) is 17.1 Å². The van der Waals surface area contributed by atoms with E-state index in [0.29, 0.717) is 17.2 Å². The third-order valence-corrected chi connectivity index (χ3v) is 6.17. The van der Waals surface area contributed by atoms with E-state index in [1.807, 2.05) is 0 Å². The van der Waals surface area contributed by atoms with Crippen LogP contribution in [0, 0.1) is 18.6 Å². The van der Waals surface area contributed by atoms with Crippen molar-refractivity contribution in [3.63, 3.8) is 0 Å². The van der Waals surface area contributed by atoms with Crippen molar-refractivity contribution in [3.05, 3.63) is 70.5 Å². The number of anilines is 1. The number of ether oxygens (including phenoxy) is 1. The van der Waals surface area contributed by atoms with Crippen molar-refractivity contribution < 1.29 is 26.4 Å². The molecule has 0 spiro atoms. The SMILES string of the molecule is CCS(=O)(=O)Nc1ccc(Oc2ccc(F)cc2F)c(-c2cn(C)c(=O)c3nc(C)oc23)c1. The Balaban J connectivity index is 1.95. The second kappa shape index (κ2) is 8.32. The molecule has 1 N–H and O–H groups in total. The van der Waals surface area contributed by atoms with Gasteiger partial charge in [-0.05, 0) is 37.3 Å². The molecular formula is C22H19F2N3O5S. The Morgan fingerprint density at radius 2 is 1.85 bits per heavy atom. The summed E-state index contributed by atoms with van der Waals surface area (Å²) < 4.78 is 66.9. The van der Waals surface area contributed by atoms with Gasteiger partial charge >= 0.3 is 0 Å². The molecule has 0 aliphatic rings. The minimum Gasteiger partial charge on any atom is -0.454 e. The lowest BCUT2D eigenvalue weighted by Gasteiger charge is -2.15. The highest BCUT2D eigenvalue weighted by Crippen LogP contribution is 2.39. The number of pyridine rings is 1. The van der Waals surface area contributed by atoms with Gasteiger partial charge in [0.2, 0.25) is 10.0 Å². The van der Waals surface area contributed by atoms with Crippen LogP contribution >= 0.6 is 0 Å². The molecule has 0 aliphatic heterocycles. The van der Waals surface area contributed by atoms with E-state index in [4.69, 9.17) is 9.15 Å². The van der Waals surface area contributed by atoms with Gasteiger partial charge in [0.25, 0.3) is 5.56 Å². The van der Waals surface area contributed by atoms with Crippen molar-refractivity contribution in [3.8, 4) is 22.6 Å². The number of sulfonamides is 1. The molecule has 4 rings (SSSR count). The van der Waals surface area contributed by atoms with Crippen molar-refractivity contribution >= 4 is 26.8 Å².